The molecule has 5 nitrogen and oxygen atoms in total. The van der Waals surface area contributed by atoms with Crippen LogP contribution >= 0.6 is 0 Å². The molecule has 6 heteroatoms. The van der Waals surface area contributed by atoms with Crippen molar-refractivity contribution in [2.45, 2.75) is 13.0 Å². The zero-order valence-corrected chi connectivity index (χ0v) is 14.0. The number of carbonyl (C=O) groups is 1. The molecule has 2 aromatic carbocycles. The van der Waals surface area contributed by atoms with Crippen LogP contribution in [0.2, 0.25) is 0 Å². The second kappa shape index (κ2) is 6.92. The Bertz CT molecular complexity index is 943. The molecule has 4 rings (SSSR count). The van der Waals surface area contributed by atoms with Crippen LogP contribution in [0.3, 0.4) is 0 Å². The SMILES string of the molecule is O=C(c1cnc(Nc2ccccc2F)nc1)N1CCc2ccccc2C1. The molecule has 3 aromatic rings. The van der Waals surface area contributed by atoms with Crippen LogP contribution in [0.1, 0.15) is 21.5 Å². The average Bonchev–Trinajstić information content (AvgIpc) is 2.69. The quantitative estimate of drug-likeness (QED) is 0.786. The number of hydrogen-bond acceptors (Lipinski definition) is 4. The van der Waals surface area contributed by atoms with E-state index in [1.807, 2.05) is 18.2 Å². The van der Waals surface area contributed by atoms with E-state index in [1.165, 1.54) is 29.6 Å². The molecule has 0 saturated heterocycles. The summed E-state index contributed by atoms with van der Waals surface area (Å²) in [4.78, 5) is 22.8. The molecule has 0 atom stereocenters. The minimum absolute atomic E-state index is 0.100. The summed E-state index contributed by atoms with van der Waals surface area (Å²) in [5.41, 5.74) is 3.17. The fourth-order valence-corrected chi connectivity index (χ4v) is 3.04. The number of benzene rings is 2. The van der Waals surface area contributed by atoms with Gasteiger partial charge in [0.2, 0.25) is 5.95 Å². The number of nitrogens with zero attached hydrogens (tertiary/aromatic N) is 3. The van der Waals surface area contributed by atoms with Gasteiger partial charge in [0.15, 0.2) is 0 Å². The minimum Gasteiger partial charge on any atom is -0.334 e. The molecule has 1 aliphatic heterocycles. The molecule has 0 saturated carbocycles. The van der Waals surface area contributed by atoms with Crippen LogP contribution in [-0.2, 0) is 13.0 Å². The van der Waals surface area contributed by atoms with Gasteiger partial charge in [0, 0.05) is 25.5 Å². The maximum atomic E-state index is 13.7. The Morgan fingerprint density at radius 3 is 2.46 bits per heavy atom. The van der Waals surface area contributed by atoms with E-state index in [4.69, 9.17) is 0 Å². The molecular weight excluding hydrogens is 331 g/mol. The maximum Gasteiger partial charge on any atom is 0.257 e. The molecule has 1 amide bonds. The molecule has 0 spiro atoms. The fraction of sp³-hybridized carbons (Fsp3) is 0.150. The summed E-state index contributed by atoms with van der Waals surface area (Å²) < 4.78 is 13.7. The van der Waals surface area contributed by atoms with Gasteiger partial charge in [0.25, 0.3) is 5.91 Å². The van der Waals surface area contributed by atoms with Crippen molar-refractivity contribution in [1.29, 1.82) is 0 Å². The van der Waals surface area contributed by atoms with Gasteiger partial charge in [0.05, 0.1) is 11.3 Å². The first-order chi connectivity index (χ1) is 12.7. The Kier molecular flexibility index (Phi) is 4.31. The number of amides is 1. The first-order valence-electron chi connectivity index (χ1n) is 8.40. The topological polar surface area (TPSA) is 58.1 Å². The Morgan fingerprint density at radius 1 is 1.00 bits per heavy atom. The second-order valence-electron chi connectivity index (χ2n) is 6.15. The zero-order valence-electron chi connectivity index (χ0n) is 14.0. The largest absolute Gasteiger partial charge is 0.334 e. The van der Waals surface area contributed by atoms with Crippen LogP contribution in [-0.4, -0.2) is 27.3 Å². The zero-order chi connectivity index (χ0) is 17.9. The van der Waals surface area contributed by atoms with Crippen molar-refractivity contribution in [1.82, 2.24) is 14.9 Å². The fourth-order valence-electron chi connectivity index (χ4n) is 3.04. The lowest BCUT2D eigenvalue weighted by atomic mass is 9.99. The van der Waals surface area contributed by atoms with Crippen molar-refractivity contribution in [3.05, 3.63) is 83.4 Å². The smallest absolute Gasteiger partial charge is 0.257 e. The normalized spacial score (nSPS) is 13.2. The van der Waals surface area contributed by atoms with Crippen molar-refractivity contribution < 1.29 is 9.18 Å². The van der Waals surface area contributed by atoms with E-state index >= 15 is 0 Å². The second-order valence-corrected chi connectivity index (χ2v) is 6.15. The number of anilines is 2. The summed E-state index contributed by atoms with van der Waals surface area (Å²) in [6.07, 6.45) is 3.79. The molecule has 130 valence electrons. The van der Waals surface area contributed by atoms with Gasteiger partial charge in [-0.25, -0.2) is 14.4 Å². The predicted octanol–water partition coefficient (Wildman–Crippen LogP) is 3.56. The molecule has 0 aliphatic carbocycles. The van der Waals surface area contributed by atoms with E-state index < -0.39 is 0 Å². The number of hydrogen-bond donors (Lipinski definition) is 1. The van der Waals surface area contributed by atoms with E-state index in [-0.39, 0.29) is 17.7 Å². The summed E-state index contributed by atoms with van der Waals surface area (Å²) in [5, 5.41) is 2.81. The van der Waals surface area contributed by atoms with Crippen molar-refractivity contribution in [3.63, 3.8) is 0 Å². The van der Waals surface area contributed by atoms with Gasteiger partial charge in [-0.1, -0.05) is 36.4 Å². The molecule has 0 radical (unpaired) electrons. The van der Waals surface area contributed by atoms with E-state index in [0.717, 1.165) is 6.42 Å². The van der Waals surface area contributed by atoms with E-state index in [2.05, 4.69) is 21.4 Å². The number of carbonyl (C=O) groups excluding carboxylic acids is 1. The lowest BCUT2D eigenvalue weighted by Crippen LogP contribution is -2.36. The molecule has 1 aliphatic rings. The first kappa shape index (κ1) is 16.2. The third kappa shape index (κ3) is 3.26. The Morgan fingerprint density at radius 2 is 1.69 bits per heavy atom. The standard InChI is InChI=1S/C20H17FN4O/c21-17-7-3-4-8-18(17)24-20-22-11-16(12-23-20)19(26)25-10-9-14-5-1-2-6-15(14)13-25/h1-8,11-12H,9-10,13H2,(H,22,23,24). The highest BCUT2D eigenvalue weighted by Crippen LogP contribution is 2.21. The molecular formula is C20H17FN4O. The third-order valence-corrected chi connectivity index (χ3v) is 4.44. The van der Waals surface area contributed by atoms with E-state index in [1.54, 1.807) is 23.1 Å². The Balaban J connectivity index is 1.47. The van der Waals surface area contributed by atoms with Crippen LogP contribution in [0.15, 0.2) is 60.9 Å². The van der Waals surface area contributed by atoms with E-state index in [9.17, 15) is 9.18 Å². The molecule has 1 aromatic heterocycles. The maximum absolute atomic E-state index is 13.7. The van der Waals surface area contributed by atoms with Gasteiger partial charge in [-0.15, -0.1) is 0 Å². The predicted molar refractivity (Wildman–Crippen MR) is 96.6 cm³/mol. The number of rotatable bonds is 3. The summed E-state index contributed by atoms with van der Waals surface area (Å²) in [7, 11) is 0. The van der Waals surface area contributed by atoms with Crippen molar-refractivity contribution in [2.24, 2.45) is 0 Å². The van der Waals surface area contributed by atoms with Crippen LogP contribution < -0.4 is 5.32 Å². The highest BCUT2D eigenvalue weighted by Gasteiger charge is 2.22. The van der Waals surface area contributed by atoms with Crippen molar-refractivity contribution in [2.75, 3.05) is 11.9 Å². The van der Waals surface area contributed by atoms with Gasteiger partial charge in [-0.3, -0.25) is 4.79 Å². The van der Waals surface area contributed by atoms with Gasteiger partial charge in [0.1, 0.15) is 5.82 Å². The first-order valence-corrected chi connectivity index (χ1v) is 8.40. The van der Waals surface area contributed by atoms with Crippen LogP contribution in [0.5, 0.6) is 0 Å². The van der Waals surface area contributed by atoms with Crippen LogP contribution in [0, 0.1) is 5.82 Å². The summed E-state index contributed by atoms with van der Waals surface area (Å²) in [6, 6.07) is 14.4. The van der Waals surface area contributed by atoms with Crippen LogP contribution in [0.4, 0.5) is 16.0 Å². The Labute approximate surface area is 150 Å². The third-order valence-electron chi connectivity index (χ3n) is 4.44. The number of fused-ring (bicyclic) bond motifs is 1. The van der Waals surface area contributed by atoms with Crippen molar-refractivity contribution >= 4 is 17.5 Å². The average molecular weight is 348 g/mol. The molecule has 0 bridgehead atoms. The van der Waals surface area contributed by atoms with Gasteiger partial charge < -0.3 is 10.2 Å². The van der Waals surface area contributed by atoms with Crippen LogP contribution in [0.25, 0.3) is 0 Å². The lowest BCUT2D eigenvalue weighted by molar-refractivity contribution is 0.0734. The summed E-state index contributed by atoms with van der Waals surface area (Å²) in [6.45, 7) is 1.26. The number of halogens is 1. The minimum atomic E-state index is -0.386. The molecule has 2 heterocycles. The number of para-hydroxylation sites is 1. The molecule has 1 N–H and O–H groups in total. The number of aromatic nitrogens is 2. The van der Waals surface area contributed by atoms with E-state index in [0.29, 0.717) is 24.3 Å². The monoisotopic (exact) mass is 348 g/mol. The van der Waals surface area contributed by atoms with Gasteiger partial charge in [-0.2, -0.15) is 0 Å². The Hall–Kier alpha value is -3.28. The molecule has 0 fully saturated rings. The molecule has 26 heavy (non-hydrogen) atoms. The molecule has 0 unspecified atom stereocenters. The number of nitrogens with one attached hydrogen (secondary N) is 1. The highest BCUT2D eigenvalue weighted by atomic mass is 19.1. The highest BCUT2D eigenvalue weighted by molar-refractivity contribution is 5.93. The van der Waals surface area contributed by atoms with Gasteiger partial charge >= 0.3 is 0 Å². The summed E-state index contributed by atoms with van der Waals surface area (Å²) >= 11 is 0. The lowest BCUT2D eigenvalue weighted by Gasteiger charge is -2.28. The summed E-state index contributed by atoms with van der Waals surface area (Å²) in [5.74, 6) is -0.240. The van der Waals surface area contributed by atoms with Crippen molar-refractivity contribution in [3.8, 4) is 0 Å². The van der Waals surface area contributed by atoms with Gasteiger partial charge in [-0.05, 0) is 29.7 Å².